The van der Waals surface area contributed by atoms with E-state index in [0.29, 0.717) is 0 Å². The Kier molecular flexibility index (Phi) is 6.21. The second-order valence-electron chi connectivity index (χ2n) is 7.35. The molecule has 0 atom stereocenters. The first-order valence-corrected chi connectivity index (χ1v) is 10.4. The van der Waals surface area contributed by atoms with Gasteiger partial charge >= 0.3 is 0 Å². The van der Waals surface area contributed by atoms with Crippen LogP contribution in [0.1, 0.15) is 22.4 Å². The highest BCUT2D eigenvalue weighted by atomic mass is 15.0. The van der Waals surface area contributed by atoms with E-state index in [-0.39, 0.29) is 0 Å². The number of nitrogens with zero attached hydrogens (tertiary/aromatic N) is 2. The summed E-state index contributed by atoms with van der Waals surface area (Å²) in [6.07, 6.45) is 6.60. The van der Waals surface area contributed by atoms with Crippen molar-refractivity contribution >= 4 is 0 Å². The molecule has 4 aromatic rings. The van der Waals surface area contributed by atoms with Crippen LogP contribution in [-0.4, -0.2) is 16.1 Å². The van der Waals surface area contributed by atoms with E-state index < -0.39 is 5.54 Å². The third-order valence-electron chi connectivity index (χ3n) is 5.52. The fourth-order valence-corrected chi connectivity index (χ4v) is 4.11. The number of nitrogens with one attached hydrogen (secondary N) is 1. The molecule has 0 aliphatic carbocycles. The number of imidazole rings is 1. The fraction of sp³-hybridized carbons (Fsp3) is 0.148. The standard InChI is InChI=1S/C27H27N3/c1-2-20-30-22-28-21-26(30)18-19-29-27(23-12-6-3-7-13-23,24-14-8-4-9-15-24)25-16-10-5-11-17-25/h2-17,21-22,29H,1,18-20H2. The smallest absolute Gasteiger partial charge is 0.0951 e. The highest BCUT2D eigenvalue weighted by molar-refractivity contribution is 5.49. The summed E-state index contributed by atoms with van der Waals surface area (Å²) < 4.78 is 2.14. The molecule has 4 rings (SSSR count). The average molecular weight is 394 g/mol. The Balaban J connectivity index is 1.75. The first kappa shape index (κ1) is 19.9. The second-order valence-corrected chi connectivity index (χ2v) is 7.35. The SMILES string of the molecule is C=CCn1cncc1CCNC(c1ccccc1)(c1ccccc1)c1ccccc1. The zero-order valence-corrected chi connectivity index (χ0v) is 17.1. The molecule has 0 amide bonds. The number of rotatable bonds is 9. The van der Waals surface area contributed by atoms with Crippen LogP contribution in [0.2, 0.25) is 0 Å². The van der Waals surface area contributed by atoms with E-state index >= 15 is 0 Å². The topological polar surface area (TPSA) is 29.9 Å². The molecule has 3 aromatic carbocycles. The van der Waals surface area contributed by atoms with Crippen molar-refractivity contribution in [1.29, 1.82) is 0 Å². The van der Waals surface area contributed by atoms with E-state index in [1.54, 1.807) is 0 Å². The lowest BCUT2D eigenvalue weighted by Gasteiger charge is -2.37. The number of benzene rings is 3. The summed E-state index contributed by atoms with van der Waals surface area (Å²) >= 11 is 0. The number of aromatic nitrogens is 2. The van der Waals surface area contributed by atoms with Gasteiger partial charge in [0.15, 0.2) is 0 Å². The van der Waals surface area contributed by atoms with Crippen LogP contribution in [0.5, 0.6) is 0 Å². The van der Waals surface area contributed by atoms with Crippen LogP contribution in [-0.2, 0) is 18.5 Å². The van der Waals surface area contributed by atoms with E-state index in [4.69, 9.17) is 0 Å². The van der Waals surface area contributed by atoms with Crippen molar-refractivity contribution in [2.75, 3.05) is 6.54 Å². The second kappa shape index (κ2) is 9.38. The van der Waals surface area contributed by atoms with Crippen LogP contribution in [0.4, 0.5) is 0 Å². The summed E-state index contributed by atoms with van der Waals surface area (Å²) in [7, 11) is 0. The molecule has 0 saturated carbocycles. The van der Waals surface area contributed by atoms with Crippen molar-refractivity contribution in [3.63, 3.8) is 0 Å². The molecule has 0 spiro atoms. The molecule has 1 aromatic heterocycles. The maximum atomic E-state index is 4.32. The van der Waals surface area contributed by atoms with Crippen molar-refractivity contribution in [3.05, 3.63) is 139 Å². The number of hydrogen-bond acceptors (Lipinski definition) is 2. The van der Waals surface area contributed by atoms with Crippen LogP contribution in [0.15, 0.2) is 116 Å². The maximum absolute atomic E-state index is 4.32. The molecule has 0 fully saturated rings. The molecule has 1 heterocycles. The highest BCUT2D eigenvalue weighted by Crippen LogP contribution is 2.36. The first-order chi connectivity index (χ1) is 14.8. The molecule has 0 radical (unpaired) electrons. The van der Waals surface area contributed by atoms with E-state index in [1.165, 1.54) is 22.4 Å². The predicted molar refractivity (Wildman–Crippen MR) is 123 cm³/mol. The minimum Gasteiger partial charge on any atom is -0.331 e. The Morgan fingerprint density at radius 1 is 0.800 bits per heavy atom. The van der Waals surface area contributed by atoms with Gasteiger partial charge in [-0.1, -0.05) is 97.1 Å². The van der Waals surface area contributed by atoms with Crippen molar-refractivity contribution < 1.29 is 0 Å². The lowest BCUT2D eigenvalue weighted by atomic mass is 9.77. The third-order valence-corrected chi connectivity index (χ3v) is 5.52. The Morgan fingerprint density at radius 3 is 1.77 bits per heavy atom. The van der Waals surface area contributed by atoms with Gasteiger partial charge in [-0.3, -0.25) is 5.32 Å². The van der Waals surface area contributed by atoms with Crippen LogP contribution in [0.3, 0.4) is 0 Å². The van der Waals surface area contributed by atoms with Crippen LogP contribution >= 0.6 is 0 Å². The van der Waals surface area contributed by atoms with Crippen LogP contribution < -0.4 is 5.32 Å². The largest absolute Gasteiger partial charge is 0.331 e. The van der Waals surface area contributed by atoms with E-state index in [1.807, 2.05) is 18.6 Å². The van der Waals surface area contributed by atoms with Gasteiger partial charge in [-0.05, 0) is 16.7 Å². The van der Waals surface area contributed by atoms with Crippen molar-refractivity contribution in [2.24, 2.45) is 0 Å². The normalized spacial score (nSPS) is 11.3. The lowest BCUT2D eigenvalue weighted by molar-refractivity contribution is 0.472. The quantitative estimate of drug-likeness (QED) is 0.313. The van der Waals surface area contributed by atoms with Gasteiger partial charge < -0.3 is 4.57 Å². The van der Waals surface area contributed by atoms with Gasteiger partial charge in [0.2, 0.25) is 0 Å². The van der Waals surface area contributed by atoms with Gasteiger partial charge in [0, 0.05) is 31.4 Å². The molecule has 0 unspecified atom stereocenters. The molecule has 150 valence electrons. The number of allylic oxidation sites excluding steroid dienone is 1. The van der Waals surface area contributed by atoms with E-state index in [9.17, 15) is 0 Å². The Morgan fingerprint density at radius 2 is 1.30 bits per heavy atom. The van der Waals surface area contributed by atoms with Crippen molar-refractivity contribution in [1.82, 2.24) is 14.9 Å². The summed E-state index contributed by atoms with van der Waals surface area (Å²) in [5.74, 6) is 0. The van der Waals surface area contributed by atoms with Gasteiger partial charge in [-0.25, -0.2) is 4.98 Å². The maximum Gasteiger partial charge on any atom is 0.0951 e. The third kappa shape index (κ3) is 3.98. The highest BCUT2D eigenvalue weighted by Gasteiger charge is 2.35. The number of hydrogen-bond donors (Lipinski definition) is 1. The van der Waals surface area contributed by atoms with Gasteiger partial charge in [0.05, 0.1) is 11.9 Å². The zero-order valence-electron chi connectivity index (χ0n) is 17.1. The molecule has 0 aliphatic rings. The van der Waals surface area contributed by atoms with E-state index in [2.05, 4.69) is 112 Å². The Bertz CT molecular complexity index is 956. The average Bonchev–Trinajstić information content (AvgIpc) is 3.26. The molecule has 30 heavy (non-hydrogen) atoms. The monoisotopic (exact) mass is 393 g/mol. The molecular weight excluding hydrogens is 366 g/mol. The predicted octanol–water partition coefficient (Wildman–Crippen LogP) is 5.19. The van der Waals surface area contributed by atoms with Gasteiger partial charge in [-0.15, -0.1) is 6.58 Å². The Labute approximate surface area is 178 Å². The minimum absolute atomic E-state index is 0.437. The molecule has 0 bridgehead atoms. The molecule has 1 N–H and O–H groups in total. The first-order valence-electron chi connectivity index (χ1n) is 10.4. The summed E-state index contributed by atoms with van der Waals surface area (Å²) in [6, 6.07) is 32.1. The molecule has 3 nitrogen and oxygen atoms in total. The van der Waals surface area contributed by atoms with Crippen LogP contribution in [0, 0.1) is 0 Å². The van der Waals surface area contributed by atoms with Crippen LogP contribution in [0.25, 0.3) is 0 Å². The van der Waals surface area contributed by atoms with E-state index in [0.717, 1.165) is 19.5 Å². The van der Waals surface area contributed by atoms with Gasteiger partial charge in [-0.2, -0.15) is 0 Å². The van der Waals surface area contributed by atoms with Crippen molar-refractivity contribution in [2.45, 2.75) is 18.5 Å². The molecule has 0 aliphatic heterocycles. The molecular formula is C27H27N3. The molecule has 0 saturated heterocycles. The summed E-state index contributed by atoms with van der Waals surface area (Å²) in [5, 5.41) is 3.92. The Hall–Kier alpha value is -3.43. The van der Waals surface area contributed by atoms with Crippen molar-refractivity contribution in [3.8, 4) is 0 Å². The lowest BCUT2D eigenvalue weighted by Crippen LogP contribution is -2.45. The summed E-state index contributed by atoms with van der Waals surface area (Å²) in [5.41, 5.74) is 4.43. The fourth-order valence-electron chi connectivity index (χ4n) is 4.11. The van der Waals surface area contributed by atoms with Gasteiger partial charge in [0.25, 0.3) is 0 Å². The zero-order chi connectivity index (χ0) is 20.7. The van der Waals surface area contributed by atoms with Gasteiger partial charge in [0.1, 0.15) is 0 Å². The minimum atomic E-state index is -0.437. The molecule has 3 heteroatoms. The summed E-state index contributed by atoms with van der Waals surface area (Å²) in [4.78, 5) is 4.32. The summed E-state index contributed by atoms with van der Waals surface area (Å²) in [6.45, 7) is 5.43.